The minimum absolute atomic E-state index is 0.0803. The highest BCUT2D eigenvalue weighted by atomic mass is 16.5. The van der Waals surface area contributed by atoms with E-state index in [9.17, 15) is 14.7 Å². The Morgan fingerprint density at radius 2 is 2.09 bits per heavy atom. The standard InChI is InChI=1S/C16H19N3O4/c1-18(2)15(21)10-19-9-12(8-17-19)13-6-11(4-5-14(13)20)7-16(22)23-3/h4-6,8-9,20H,7,10H2,1-3H3. The lowest BCUT2D eigenvalue weighted by Crippen LogP contribution is -2.26. The lowest BCUT2D eigenvalue weighted by Gasteiger charge is -2.09. The van der Waals surface area contributed by atoms with Gasteiger partial charge in [-0.05, 0) is 17.7 Å². The van der Waals surface area contributed by atoms with Crippen molar-refractivity contribution in [2.24, 2.45) is 0 Å². The quantitative estimate of drug-likeness (QED) is 0.834. The second-order valence-electron chi connectivity index (χ2n) is 5.32. The van der Waals surface area contributed by atoms with Crippen LogP contribution < -0.4 is 0 Å². The number of nitrogens with zero attached hydrogens (tertiary/aromatic N) is 3. The van der Waals surface area contributed by atoms with E-state index in [1.807, 2.05) is 0 Å². The van der Waals surface area contributed by atoms with Gasteiger partial charge in [0.2, 0.25) is 5.91 Å². The van der Waals surface area contributed by atoms with E-state index in [2.05, 4.69) is 9.84 Å². The Labute approximate surface area is 134 Å². The van der Waals surface area contributed by atoms with Crippen LogP contribution in [0.5, 0.6) is 5.75 Å². The number of ether oxygens (including phenoxy) is 1. The molecule has 0 aliphatic heterocycles. The van der Waals surface area contributed by atoms with Crippen LogP contribution in [0.4, 0.5) is 0 Å². The fraction of sp³-hybridized carbons (Fsp3) is 0.312. The summed E-state index contributed by atoms with van der Waals surface area (Å²) in [5, 5.41) is 14.2. The molecule has 0 fully saturated rings. The molecule has 0 spiro atoms. The van der Waals surface area contributed by atoms with Crippen LogP contribution in [-0.2, 0) is 27.3 Å². The van der Waals surface area contributed by atoms with Gasteiger partial charge in [0.1, 0.15) is 12.3 Å². The zero-order chi connectivity index (χ0) is 17.0. The Hall–Kier alpha value is -2.83. The van der Waals surface area contributed by atoms with Gasteiger partial charge in [-0.15, -0.1) is 0 Å². The molecule has 1 amide bonds. The Morgan fingerprint density at radius 1 is 1.35 bits per heavy atom. The molecular formula is C16H19N3O4. The van der Waals surface area contributed by atoms with Gasteiger partial charge >= 0.3 is 5.97 Å². The summed E-state index contributed by atoms with van der Waals surface area (Å²) in [6, 6.07) is 4.90. The zero-order valence-corrected chi connectivity index (χ0v) is 13.3. The molecule has 0 radical (unpaired) electrons. The van der Waals surface area contributed by atoms with E-state index in [1.165, 1.54) is 22.8 Å². The van der Waals surface area contributed by atoms with Gasteiger partial charge in [-0.1, -0.05) is 6.07 Å². The van der Waals surface area contributed by atoms with Gasteiger partial charge in [0.05, 0.1) is 19.7 Å². The number of hydrogen-bond acceptors (Lipinski definition) is 5. The van der Waals surface area contributed by atoms with Gasteiger partial charge < -0.3 is 14.7 Å². The molecule has 0 saturated carbocycles. The lowest BCUT2D eigenvalue weighted by molar-refractivity contribution is -0.139. The minimum atomic E-state index is -0.353. The van der Waals surface area contributed by atoms with Crippen LogP contribution in [0.3, 0.4) is 0 Å². The van der Waals surface area contributed by atoms with Gasteiger partial charge in [-0.2, -0.15) is 5.10 Å². The highest BCUT2D eigenvalue weighted by Crippen LogP contribution is 2.30. The zero-order valence-electron chi connectivity index (χ0n) is 13.3. The first-order valence-electron chi connectivity index (χ1n) is 7.02. The van der Waals surface area contributed by atoms with Gasteiger partial charge in [0.25, 0.3) is 0 Å². The summed E-state index contributed by atoms with van der Waals surface area (Å²) >= 11 is 0. The summed E-state index contributed by atoms with van der Waals surface area (Å²) in [6.07, 6.45) is 3.37. The molecule has 0 atom stereocenters. The number of phenols is 1. The van der Waals surface area contributed by atoms with Gasteiger partial charge in [0.15, 0.2) is 0 Å². The van der Waals surface area contributed by atoms with E-state index in [0.29, 0.717) is 11.1 Å². The number of amides is 1. The molecule has 2 aromatic rings. The molecule has 0 bridgehead atoms. The van der Waals surface area contributed by atoms with Crippen molar-refractivity contribution < 1.29 is 19.4 Å². The third kappa shape index (κ3) is 4.09. The van der Waals surface area contributed by atoms with E-state index in [-0.39, 0.29) is 30.6 Å². The molecule has 0 aliphatic rings. The van der Waals surface area contributed by atoms with Crippen LogP contribution in [0, 0.1) is 0 Å². The number of carbonyl (C=O) groups is 2. The van der Waals surface area contributed by atoms with E-state index in [1.54, 1.807) is 38.6 Å². The van der Waals surface area contributed by atoms with Crippen LogP contribution in [0.15, 0.2) is 30.6 Å². The third-order valence-corrected chi connectivity index (χ3v) is 3.38. The van der Waals surface area contributed by atoms with Crippen LogP contribution in [0.1, 0.15) is 5.56 Å². The number of aromatic nitrogens is 2. The monoisotopic (exact) mass is 317 g/mol. The molecule has 7 nitrogen and oxygen atoms in total. The van der Waals surface area contributed by atoms with Crippen LogP contribution in [-0.4, -0.2) is 52.9 Å². The molecule has 0 unspecified atom stereocenters. The molecule has 7 heteroatoms. The molecule has 2 rings (SSSR count). The van der Waals surface area contributed by atoms with Crippen LogP contribution in [0.2, 0.25) is 0 Å². The Balaban J connectivity index is 2.24. The SMILES string of the molecule is COC(=O)Cc1ccc(O)c(-c2cnn(CC(=O)N(C)C)c2)c1. The molecule has 1 N–H and O–H groups in total. The summed E-state index contributed by atoms with van der Waals surface area (Å²) < 4.78 is 6.14. The summed E-state index contributed by atoms with van der Waals surface area (Å²) in [4.78, 5) is 24.5. The number of esters is 1. The maximum atomic E-state index is 11.7. The summed E-state index contributed by atoms with van der Waals surface area (Å²) in [6.45, 7) is 0.121. The fourth-order valence-electron chi connectivity index (χ4n) is 2.03. The number of benzene rings is 1. The van der Waals surface area contributed by atoms with Gasteiger partial charge in [-0.25, -0.2) is 0 Å². The van der Waals surface area contributed by atoms with Crippen molar-refractivity contribution in [1.82, 2.24) is 14.7 Å². The minimum Gasteiger partial charge on any atom is -0.507 e. The highest BCUT2D eigenvalue weighted by molar-refractivity contribution is 5.77. The molecule has 1 heterocycles. The van der Waals surface area contributed by atoms with Crippen molar-refractivity contribution in [2.75, 3.05) is 21.2 Å². The smallest absolute Gasteiger partial charge is 0.309 e. The van der Waals surface area contributed by atoms with E-state index in [0.717, 1.165) is 5.56 Å². The average molecular weight is 317 g/mol. The van der Waals surface area contributed by atoms with E-state index < -0.39 is 0 Å². The predicted octanol–water partition coefficient (Wildman–Crippen LogP) is 1.06. The molecule has 0 aliphatic carbocycles. The van der Waals surface area contributed by atoms with Crippen molar-refractivity contribution in [3.05, 3.63) is 36.2 Å². The summed E-state index contributed by atoms with van der Waals surface area (Å²) in [7, 11) is 4.68. The molecule has 1 aromatic carbocycles. The topological polar surface area (TPSA) is 84.7 Å². The number of rotatable bonds is 5. The second-order valence-corrected chi connectivity index (χ2v) is 5.32. The third-order valence-electron chi connectivity index (χ3n) is 3.38. The number of hydrogen-bond donors (Lipinski definition) is 1. The van der Waals surface area contributed by atoms with Crippen molar-refractivity contribution >= 4 is 11.9 Å². The van der Waals surface area contributed by atoms with Crippen molar-refractivity contribution in [3.8, 4) is 16.9 Å². The largest absolute Gasteiger partial charge is 0.507 e. The molecule has 0 saturated heterocycles. The van der Waals surface area contributed by atoms with Crippen molar-refractivity contribution in [2.45, 2.75) is 13.0 Å². The first kappa shape index (κ1) is 16.5. The maximum Gasteiger partial charge on any atom is 0.309 e. The van der Waals surface area contributed by atoms with Gasteiger partial charge in [-0.3, -0.25) is 14.3 Å². The number of methoxy groups -OCH3 is 1. The first-order valence-corrected chi connectivity index (χ1v) is 7.02. The highest BCUT2D eigenvalue weighted by Gasteiger charge is 2.12. The number of phenolic OH excluding ortho intramolecular Hbond substituents is 1. The fourth-order valence-corrected chi connectivity index (χ4v) is 2.03. The van der Waals surface area contributed by atoms with Crippen LogP contribution >= 0.6 is 0 Å². The Bertz CT molecular complexity index is 722. The molecule has 23 heavy (non-hydrogen) atoms. The van der Waals surface area contributed by atoms with Crippen molar-refractivity contribution in [3.63, 3.8) is 0 Å². The van der Waals surface area contributed by atoms with Crippen molar-refractivity contribution in [1.29, 1.82) is 0 Å². The lowest BCUT2D eigenvalue weighted by atomic mass is 10.0. The predicted molar refractivity (Wildman–Crippen MR) is 83.7 cm³/mol. The Morgan fingerprint density at radius 3 is 2.74 bits per heavy atom. The molecule has 1 aromatic heterocycles. The van der Waals surface area contributed by atoms with Crippen LogP contribution in [0.25, 0.3) is 11.1 Å². The van der Waals surface area contributed by atoms with E-state index >= 15 is 0 Å². The number of carbonyl (C=O) groups excluding carboxylic acids is 2. The number of likely N-dealkylation sites (N-methyl/N-ethyl adjacent to an activating group) is 1. The maximum absolute atomic E-state index is 11.7. The normalized spacial score (nSPS) is 10.4. The summed E-state index contributed by atoms with van der Waals surface area (Å²) in [5.74, 6) is -0.352. The Kier molecular flexibility index (Phi) is 5.00. The molecular weight excluding hydrogens is 298 g/mol. The molecule has 122 valence electrons. The summed E-state index contributed by atoms with van der Waals surface area (Å²) in [5.41, 5.74) is 1.94. The van der Waals surface area contributed by atoms with Gasteiger partial charge in [0, 0.05) is 31.4 Å². The second kappa shape index (κ2) is 6.95. The number of aromatic hydroxyl groups is 1. The van der Waals surface area contributed by atoms with E-state index in [4.69, 9.17) is 0 Å². The first-order chi connectivity index (χ1) is 10.9. The average Bonchev–Trinajstić information content (AvgIpc) is 2.97.